The van der Waals surface area contributed by atoms with E-state index in [1.54, 1.807) is 0 Å². The van der Waals surface area contributed by atoms with E-state index in [-0.39, 0.29) is 5.78 Å². The quantitative estimate of drug-likeness (QED) is 0.628. The lowest BCUT2D eigenvalue weighted by atomic mass is 9.91. The summed E-state index contributed by atoms with van der Waals surface area (Å²) in [5.41, 5.74) is 4.74. The molecule has 1 aromatic carbocycles. The Labute approximate surface area is 143 Å². The van der Waals surface area contributed by atoms with Crippen LogP contribution in [0.3, 0.4) is 0 Å². The normalized spacial score (nSPS) is 17.4. The van der Waals surface area contributed by atoms with Crippen molar-refractivity contribution in [1.82, 2.24) is 9.55 Å². The number of carbonyl (C=O) groups excluding carboxylic acids is 1. The van der Waals surface area contributed by atoms with Crippen molar-refractivity contribution in [2.45, 2.75) is 38.6 Å². The fourth-order valence-corrected chi connectivity index (χ4v) is 4.05. The summed E-state index contributed by atoms with van der Waals surface area (Å²) in [5.74, 6) is 0.209. The van der Waals surface area contributed by atoms with Crippen LogP contribution in [0.4, 0.5) is 0 Å². The van der Waals surface area contributed by atoms with Crippen molar-refractivity contribution in [2.24, 2.45) is 0 Å². The molecule has 2 heterocycles. The average Bonchev–Trinajstić information content (AvgIpc) is 3.18. The van der Waals surface area contributed by atoms with Crippen LogP contribution < -0.4 is 0 Å². The van der Waals surface area contributed by atoms with Gasteiger partial charge in [-0.3, -0.25) is 4.79 Å². The summed E-state index contributed by atoms with van der Waals surface area (Å²) >= 11 is 3.58. The molecular formula is C19H19BrN2O. The number of aryl methyl sites for hydroxylation is 1. The molecule has 1 N–H and O–H groups in total. The van der Waals surface area contributed by atoms with E-state index in [1.165, 1.54) is 28.6 Å². The highest BCUT2D eigenvalue weighted by Crippen LogP contribution is 2.38. The summed E-state index contributed by atoms with van der Waals surface area (Å²) in [6.45, 7) is 1.91. The topological polar surface area (TPSA) is 37.8 Å². The summed E-state index contributed by atoms with van der Waals surface area (Å²) in [7, 11) is 0. The molecule has 0 radical (unpaired) electrons. The minimum Gasteiger partial charge on any atom is -0.356 e. The van der Waals surface area contributed by atoms with Crippen LogP contribution in [0, 0.1) is 0 Å². The van der Waals surface area contributed by atoms with Gasteiger partial charge in [0.15, 0.2) is 5.78 Å². The summed E-state index contributed by atoms with van der Waals surface area (Å²) in [5, 5.41) is 1.32. The molecular weight excluding hydrogens is 352 g/mol. The van der Waals surface area contributed by atoms with Crippen LogP contribution in [0.5, 0.6) is 0 Å². The molecule has 118 valence electrons. The molecule has 3 nitrogen and oxygen atoms in total. The number of halogens is 1. The Bertz CT molecular complexity index is 890. The number of aromatic nitrogens is 2. The Morgan fingerprint density at radius 1 is 1.39 bits per heavy atom. The van der Waals surface area contributed by atoms with Crippen molar-refractivity contribution in [3.63, 3.8) is 0 Å². The predicted octanol–water partition coefficient (Wildman–Crippen LogP) is 5.25. The maximum atomic E-state index is 11.9. The van der Waals surface area contributed by atoms with Gasteiger partial charge >= 0.3 is 0 Å². The third-order valence-corrected chi connectivity index (χ3v) is 5.35. The van der Waals surface area contributed by atoms with Gasteiger partial charge in [0.25, 0.3) is 0 Å². The van der Waals surface area contributed by atoms with Crippen molar-refractivity contribution >= 4 is 32.6 Å². The van der Waals surface area contributed by atoms with Crippen molar-refractivity contribution in [1.29, 1.82) is 0 Å². The third-order valence-electron chi connectivity index (χ3n) is 4.86. The largest absolute Gasteiger partial charge is 0.356 e. The van der Waals surface area contributed by atoms with Crippen LogP contribution in [-0.4, -0.2) is 15.3 Å². The highest BCUT2D eigenvalue weighted by atomic mass is 79.9. The molecule has 0 bridgehead atoms. The van der Waals surface area contributed by atoms with E-state index in [9.17, 15) is 4.79 Å². The number of carbonyl (C=O) groups is 1. The monoisotopic (exact) mass is 370 g/mol. The van der Waals surface area contributed by atoms with Crippen molar-refractivity contribution in [2.75, 3.05) is 0 Å². The first-order valence-corrected chi connectivity index (χ1v) is 8.97. The molecule has 4 heteroatoms. The Balaban J connectivity index is 1.80. The minimum absolute atomic E-state index is 0.209. The molecule has 2 aromatic heterocycles. The van der Waals surface area contributed by atoms with Crippen molar-refractivity contribution in [3.05, 3.63) is 58.0 Å². The first-order chi connectivity index (χ1) is 11.2. The molecule has 1 unspecified atom stereocenters. The summed E-state index contributed by atoms with van der Waals surface area (Å²) in [6, 6.07) is 8.65. The van der Waals surface area contributed by atoms with Gasteiger partial charge in [-0.05, 0) is 49.1 Å². The fourth-order valence-electron chi connectivity index (χ4n) is 3.69. The van der Waals surface area contributed by atoms with Gasteiger partial charge in [-0.15, -0.1) is 0 Å². The third kappa shape index (κ3) is 2.45. The highest BCUT2D eigenvalue weighted by molar-refractivity contribution is 9.10. The zero-order chi connectivity index (χ0) is 16.0. The number of Topliss-reactive ketones (excluding diaryl/α,β-unsaturated/α-hetero) is 1. The number of fused-ring (bicyclic) bond motifs is 3. The maximum absolute atomic E-state index is 11.9. The van der Waals surface area contributed by atoms with Crippen molar-refractivity contribution < 1.29 is 4.79 Å². The number of hydrogen-bond donors (Lipinski definition) is 1. The number of benzene rings is 1. The highest BCUT2D eigenvalue weighted by Gasteiger charge is 2.25. The Kier molecular flexibility index (Phi) is 3.64. The van der Waals surface area contributed by atoms with E-state index in [4.69, 9.17) is 0 Å². The van der Waals surface area contributed by atoms with Gasteiger partial charge < -0.3 is 9.55 Å². The SMILES string of the molecule is CCC(=O)c1ccn(C2CCCc3c2[nH]c2ccc(Br)cc32)c1. The maximum Gasteiger partial charge on any atom is 0.164 e. The Morgan fingerprint density at radius 3 is 3.09 bits per heavy atom. The molecule has 1 atom stereocenters. The van der Waals surface area contributed by atoms with Crippen LogP contribution in [0.15, 0.2) is 41.1 Å². The van der Waals surface area contributed by atoms with E-state index in [2.05, 4.69) is 43.7 Å². The molecule has 1 aliphatic rings. The van der Waals surface area contributed by atoms with Crippen LogP contribution in [0.2, 0.25) is 0 Å². The second-order valence-electron chi connectivity index (χ2n) is 6.24. The molecule has 0 amide bonds. The number of nitrogens with zero attached hydrogens (tertiary/aromatic N) is 1. The predicted molar refractivity (Wildman–Crippen MR) is 96.1 cm³/mol. The standard InChI is InChI=1S/C19H19BrN2O/c1-2-18(23)12-8-9-22(11-12)17-5-3-4-14-15-10-13(20)6-7-16(15)21-19(14)17/h6-11,17,21H,2-5H2,1H3. The zero-order valence-electron chi connectivity index (χ0n) is 13.1. The van der Waals surface area contributed by atoms with Crippen LogP contribution in [0.1, 0.15) is 53.8 Å². The van der Waals surface area contributed by atoms with E-state index < -0.39 is 0 Å². The Morgan fingerprint density at radius 2 is 2.26 bits per heavy atom. The van der Waals surface area contributed by atoms with E-state index in [0.717, 1.165) is 22.9 Å². The zero-order valence-corrected chi connectivity index (χ0v) is 14.7. The molecule has 1 aliphatic carbocycles. The number of ketones is 1. The van der Waals surface area contributed by atoms with Gasteiger partial charge in [0, 0.05) is 45.4 Å². The van der Waals surface area contributed by atoms with Gasteiger partial charge in [-0.25, -0.2) is 0 Å². The first-order valence-electron chi connectivity index (χ1n) is 8.18. The molecule has 23 heavy (non-hydrogen) atoms. The van der Waals surface area contributed by atoms with Crippen molar-refractivity contribution in [3.8, 4) is 0 Å². The molecule has 0 spiro atoms. The second-order valence-corrected chi connectivity index (χ2v) is 7.15. The smallest absolute Gasteiger partial charge is 0.164 e. The summed E-state index contributed by atoms with van der Waals surface area (Å²) in [6.07, 6.45) is 8.00. The van der Waals surface area contributed by atoms with Crippen LogP contribution >= 0.6 is 15.9 Å². The van der Waals surface area contributed by atoms with E-state index in [1.807, 2.05) is 25.4 Å². The molecule has 3 aromatic rings. The van der Waals surface area contributed by atoms with E-state index in [0.29, 0.717) is 12.5 Å². The molecule has 0 fully saturated rings. The van der Waals surface area contributed by atoms with Gasteiger partial charge in [-0.2, -0.15) is 0 Å². The number of H-pyrrole nitrogens is 1. The average molecular weight is 371 g/mol. The lowest BCUT2D eigenvalue weighted by molar-refractivity contribution is 0.0988. The van der Waals surface area contributed by atoms with Gasteiger partial charge in [0.2, 0.25) is 0 Å². The van der Waals surface area contributed by atoms with Gasteiger partial charge in [0.1, 0.15) is 0 Å². The lowest BCUT2D eigenvalue weighted by Gasteiger charge is -2.24. The van der Waals surface area contributed by atoms with E-state index >= 15 is 0 Å². The molecule has 0 aliphatic heterocycles. The van der Waals surface area contributed by atoms with Crippen LogP contribution in [-0.2, 0) is 6.42 Å². The number of hydrogen-bond acceptors (Lipinski definition) is 1. The van der Waals surface area contributed by atoms with Crippen LogP contribution in [0.25, 0.3) is 10.9 Å². The molecule has 0 saturated heterocycles. The number of aromatic amines is 1. The van der Waals surface area contributed by atoms with Gasteiger partial charge in [0.05, 0.1) is 6.04 Å². The fraction of sp³-hybridized carbons (Fsp3) is 0.316. The minimum atomic E-state index is 0.209. The van der Waals surface area contributed by atoms with Gasteiger partial charge in [-0.1, -0.05) is 22.9 Å². The summed E-state index contributed by atoms with van der Waals surface area (Å²) < 4.78 is 3.32. The second kappa shape index (κ2) is 5.68. The number of rotatable bonds is 3. The molecule has 4 rings (SSSR count). The first kappa shape index (κ1) is 14.8. The lowest BCUT2D eigenvalue weighted by Crippen LogP contribution is -2.15. The number of nitrogens with one attached hydrogen (secondary N) is 1. The molecule has 0 saturated carbocycles. The Hall–Kier alpha value is -1.81. The summed E-state index contributed by atoms with van der Waals surface area (Å²) in [4.78, 5) is 15.5.